The third-order valence-electron chi connectivity index (χ3n) is 5.19. The minimum Gasteiger partial charge on any atom is -0.484 e. The van der Waals surface area contributed by atoms with E-state index in [1.54, 1.807) is 19.2 Å². The van der Waals surface area contributed by atoms with Gasteiger partial charge in [0.1, 0.15) is 23.1 Å². The molecule has 2 aromatic rings. The van der Waals surface area contributed by atoms with Crippen LogP contribution in [0, 0.1) is 10.1 Å². The largest absolute Gasteiger partial charge is 0.484 e. The quantitative estimate of drug-likeness (QED) is 0.456. The Kier molecular flexibility index (Phi) is 6.42. The SMILES string of the molecule is CC1(C)Oc2cc([N+](=O)[O-])c(NC(=O)C(F)(F)F)cc2[C@H](NCCc2ccccc2)[C@H]1O. The van der Waals surface area contributed by atoms with E-state index in [9.17, 15) is 33.2 Å². The lowest BCUT2D eigenvalue weighted by atomic mass is 9.86. The van der Waals surface area contributed by atoms with Crippen LogP contribution in [0.25, 0.3) is 0 Å². The number of aliphatic hydroxyl groups is 1. The second-order valence-corrected chi connectivity index (χ2v) is 7.93. The number of nitro groups is 1. The van der Waals surface area contributed by atoms with Gasteiger partial charge in [-0.3, -0.25) is 14.9 Å². The van der Waals surface area contributed by atoms with Crippen molar-refractivity contribution >= 4 is 17.3 Å². The molecular formula is C21H22F3N3O5. The Morgan fingerprint density at radius 3 is 2.50 bits per heavy atom. The van der Waals surface area contributed by atoms with E-state index >= 15 is 0 Å². The molecule has 0 spiro atoms. The highest BCUT2D eigenvalue weighted by Crippen LogP contribution is 2.44. The number of rotatable bonds is 6. The molecule has 0 bridgehead atoms. The van der Waals surface area contributed by atoms with E-state index in [1.165, 1.54) is 0 Å². The average molecular weight is 453 g/mol. The normalized spacial score (nSPS) is 19.6. The van der Waals surface area contributed by atoms with Crippen LogP contribution in [-0.4, -0.2) is 40.4 Å². The van der Waals surface area contributed by atoms with Gasteiger partial charge in [0.05, 0.1) is 17.0 Å². The number of fused-ring (bicyclic) bond motifs is 1. The van der Waals surface area contributed by atoms with Gasteiger partial charge in [0, 0.05) is 5.56 Å². The first-order valence-electron chi connectivity index (χ1n) is 9.75. The fourth-order valence-corrected chi connectivity index (χ4v) is 3.52. The lowest BCUT2D eigenvalue weighted by Crippen LogP contribution is -2.52. The van der Waals surface area contributed by atoms with Crippen LogP contribution in [0.3, 0.4) is 0 Å². The van der Waals surface area contributed by atoms with Gasteiger partial charge in [0.2, 0.25) is 0 Å². The molecule has 1 aliphatic rings. The Hall–Kier alpha value is -3.18. The fourth-order valence-electron chi connectivity index (χ4n) is 3.52. The van der Waals surface area contributed by atoms with Crippen molar-refractivity contribution in [2.75, 3.05) is 11.9 Å². The molecule has 8 nitrogen and oxygen atoms in total. The number of alkyl halides is 3. The van der Waals surface area contributed by atoms with Crippen molar-refractivity contribution in [3.8, 4) is 5.75 Å². The summed E-state index contributed by atoms with van der Waals surface area (Å²) in [7, 11) is 0. The molecule has 2 aromatic carbocycles. The maximum absolute atomic E-state index is 12.7. The lowest BCUT2D eigenvalue weighted by Gasteiger charge is -2.42. The summed E-state index contributed by atoms with van der Waals surface area (Å²) >= 11 is 0. The number of benzene rings is 2. The van der Waals surface area contributed by atoms with Crippen LogP contribution in [0.4, 0.5) is 24.5 Å². The topological polar surface area (TPSA) is 114 Å². The second-order valence-electron chi connectivity index (χ2n) is 7.93. The highest BCUT2D eigenvalue weighted by Gasteiger charge is 2.45. The van der Waals surface area contributed by atoms with Crippen molar-refractivity contribution in [3.05, 3.63) is 63.7 Å². The number of halogens is 3. The summed E-state index contributed by atoms with van der Waals surface area (Å²) in [5, 5.41) is 27.0. The highest BCUT2D eigenvalue weighted by atomic mass is 19.4. The number of aliphatic hydroxyl groups excluding tert-OH is 1. The van der Waals surface area contributed by atoms with Crippen LogP contribution in [0.1, 0.15) is 31.0 Å². The Labute approximate surface area is 181 Å². The summed E-state index contributed by atoms with van der Waals surface area (Å²) in [6.45, 7) is 3.60. The standard InChI is InChI=1S/C21H22F3N3O5/c1-20(2)18(28)17(25-9-8-12-6-4-3-5-7-12)13-10-14(26-19(29)21(22,23)24)15(27(30)31)11-16(13)32-20/h3-7,10-11,17-18,25,28H,8-9H2,1-2H3,(H,26,29)/t17-,18+/m0/s1. The molecule has 0 radical (unpaired) electrons. The first kappa shape index (κ1) is 23.5. The van der Waals surface area contributed by atoms with Crippen molar-refractivity contribution in [1.29, 1.82) is 0 Å². The van der Waals surface area contributed by atoms with Gasteiger partial charge in [-0.05, 0) is 38.4 Å². The van der Waals surface area contributed by atoms with Crippen molar-refractivity contribution < 1.29 is 32.7 Å². The molecule has 1 aliphatic heterocycles. The third kappa shape index (κ3) is 5.00. The van der Waals surface area contributed by atoms with E-state index in [1.807, 2.05) is 30.3 Å². The van der Waals surface area contributed by atoms with Gasteiger partial charge in [-0.1, -0.05) is 30.3 Å². The van der Waals surface area contributed by atoms with E-state index in [0.717, 1.165) is 17.7 Å². The third-order valence-corrected chi connectivity index (χ3v) is 5.19. The Morgan fingerprint density at radius 1 is 1.25 bits per heavy atom. The fraction of sp³-hybridized carbons (Fsp3) is 0.381. The molecule has 0 fully saturated rings. The van der Waals surface area contributed by atoms with Gasteiger partial charge in [-0.2, -0.15) is 13.2 Å². The van der Waals surface area contributed by atoms with E-state index < -0.39 is 46.1 Å². The van der Waals surface area contributed by atoms with Gasteiger partial charge >= 0.3 is 12.1 Å². The van der Waals surface area contributed by atoms with Crippen LogP contribution in [0.5, 0.6) is 5.75 Å². The number of nitrogens with one attached hydrogen (secondary N) is 2. The molecule has 0 saturated heterocycles. The molecule has 1 amide bonds. The van der Waals surface area contributed by atoms with Gasteiger partial charge in [-0.15, -0.1) is 0 Å². The predicted molar refractivity (Wildman–Crippen MR) is 109 cm³/mol. The lowest BCUT2D eigenvalue weighted by molar-refractivity contribution is -0.384. The summed E-state index contributed by atoms with van der Waals surface area (Å²) < 4.78 is 43.9. The average Bonchev–Trinajstić information content (AvgIpc) is 2.70. The zero-order valence-electron chi connectivity index (χ0n) is 17.3. The van der Waals surface area contributed by atoms with Crippen molar-refractivity contribution in [2.45, 2.75) is 44.2 Å². The number of carbonyl (C=O) groups excluding carboxylic acids is 1. The van der Waals surface area contributed by atoms with Crippen LogP contribution in [0.2, 0.25) is 0 Å². The molecular weight excluding hydrogens is 431 g/mol. The predicted octanol–water partition coefficient (Wildman–Crippen LogP) is 3.50. The molecule has 11 heteroatoms. The number of anilines is 1. The maximum Gasteiger partial charge on any atom is 0.471 e. The highest BCUT2D eigenvalue weighted by molar-refractivity contribution is 5.97. The van der Waals surface area contributed by atoms with E-state index in [-0.39, 0.29) is 11.3 Å². The number of carbonyl (C=O) groups is 1. The number of ether oxygens (including phenoxy) is 1. The van der Waals surface area contributed by atoms with Crippen molar-refractivity contribution in [2.24, 2.45) is 0 Å². The van der Waals surface area contributed by atoms with Crippen LogP contribution in [0.15, 0.2) is 42.5 Å². The number of nitro benzene ring substituents is 1. The van der Waals surface area contributed by atoms with Gasteiger partial charge in [0.15, 0.2) is 0 Å². The molecule has 1 heterocycles. The zero-order valence-corrected chi connectivity index (χ0v) is 17.3. The van der Waals surface area contributed by atoms with Crippen LogP contribution >= 0.6 is 0 Å². The van der Waals surface area contributed by atoms with E-state index in [2.05, 4.69) is 5.32 Å². The summed E-state index contributed by atoms with van der Waals surface area (Å²) in [4.78, 5) is 21.9. The van der Waals surface area contributed by atoms with Gasteiger partial charge in [-0.25, -0.2) is 0 Å². The zero-order chi connectivity index (χ0) is 23.7. The second kappa shape index (κ2) is 8.75. The summed E-state index contributed by atoms with van der Waals surface area (Å²) in [5.74, 6) is -2.30. The van der Waals surface area contributed by atoms with Crippen molar-refractivity contribution in [3.63, 3.8) is 0 Å². The molecule has 0 unspecified atom stereocenters. The van der Waals surface area contributed by atoms with Gasteiger partial charge < -0.3 is 20.5 Å². The van der Waals surface area contributed by atoms with Gasteiger partial charge in [0.25, 0.3) is 5.69 Å². The molecule has 2 atom stereocenters. The first-order valence-corrected chi connectivity index (χ1v) is 9.75. The Morgan fingerprint density at radius 2 is 1.91 bits per heavy atom. The van der Waals surface area contributed by atoms with E-state index in [4.69, 9.17) is 4.74 Å². The molecule has 0 aromatic heterocycles. The van der Waals surface area contributed by atoms with Crippen LogP contribution in [-0.2, 0) is 11.2 Å². The summed E-state index contributed by atoms with van der Waals surface area (Å²) in [6, 6.07) is 10.7. The molecule has 32 heavy (non-hydrogen) atoms. The maximum atomic E-state index is 12.7. The number of nitrogens with zero attached hydrogens (tertiary/aromatic N) is 1. The minimum absolute atomic E-state index is 0.0363. The number of amides is 1. The van der Waals surface area contributed by atoms with E-state index in [0.29, 0.717) is 13.0 Å². The number of hydrogen-bond acceptors (Lipinski definition) is 6. The Bertz CT molecular complexity index is 1010. The monoisotopic (exact) mass is 453 g/mol. The van der Waals surface area contributed by atoms with Crippen LogP contribution < -0.4 is 15.4 Å². The number of hydrogen-bond donors (Lipinski definition) is 3. The Balaban J connectivity index is 1.96. The summed E-state index contributed by atoms with van der Waals surface area (Å²) in [5.41, 5.74) is -1.30. The molecule has 0 saturated carbocycles. The first-order chi connectivity index (χ1) is 14.9. The molecule has 0 aliphatic carbocycles. The van der Waals surface area contributed by atoms with Crippen molar-refractivity contribution in [1.82, 2.24) is 5.32 Å². The molecule has 172 valence electrons. The molecule has 3 N–H and O–H groups in total. The smallest absolute Gasteiger partial charge is 0.471 e. The summed E-state index contributed by atoms with van der Waals surface area (Å²) in [6.07, 6.45) is -5.75. The minimum atomic E-state index is -5.23. The molecule has 3 rings (SSSR count).